The number of anilines is 1. The maximum Gasteiger partial charge on any atom is 0.308 e. The topological polar surface area (TPSA) is 81.2 Å². The highest BCUT2D eigenvalue weighted by Crippen LogP contribution is 2.24. The summed E-state index contributed by atoms with van der Waals surface area (Å²) in [6, 6.07) is 26.8. The van der Waals surface area contributed by atoms with Gasteiger partial charge in [-0.3, -0.25) is 9.59 Å². The first-order valence-corrected chi connectivity index (χ1v) is 11.7. The van der Waals surface area contributed by atoms with E-state index in [2.05, 4.69) is 10.3 Å². The van der Waals surface area contributed by atoms with Gasteiger partial charge in [0.2, 0.25) is 5.91 Å². The molecular formula is C27H23N3O3S. The molecule has 0 radical (unpaired) electrons. The molecule has 7 heteroatoms. The molecule has 1 N–H and O–H groups in total. The van der Waals surface area contributed by atoms with Crippen molar-refractivity contribution in [1.29, 1.82) is 0 Å². The number of carbonyl (C=O) groups is 2. The smallest absolute Gasteiger partial charge is 0.308 e. The van der Waals surface area contributed by atoms with E-state index < -0.39 is 0 Å². The van der Waals surface area contributed by atoms with E-state index in [0.717, 1.165) is 16.0 Å². The van der Waals surface area contributed by atoms with Crippen LogP contribution in [0.4, 0.5) is 5.82 Å². The largest absolute Gasteiger partial charge is 0.427 e. The van der Waals surface area contributed by atoms with Gasteiger partial charge in [0.25, 0.3) is 0 Å². The fourth-order valence-corrected chi connectivity index (χ4v) is 4.00. The third kappa shape index (κ3) is 6.52. The summed E-state index contributed by atoms with van der Waals surface area (Å²) in [6.45, 7) is 1.36. The van der Waals surface area contributed by atoms with Crippen LogP contribution in [0.3, 0.4) is 0 Å². The van der Waals surface area contributed by atoms with Crippen molar-refractivity contribution in [3.63, 3.8) is 0 Å². The highest BCUT2D eigenvalue weighted by atomic mass is 32.2. The molecule has 0 saturated carbocycles. The SMILES string of the molecule is CC(=O)Oc1ccc(-c2cnc(NC(=O)CSc3ccccc3)c(Cc3ccccc3)n2)cc1. The molecule has 0 spiro atoms. The molecule has 4 rings (SSSR count). The van der Waals surface area contributed by atoms with Gasteiger partial charge in [-0.05, 0) is 42.0 Å². The first-order valence-electron chi connectivity index (χ1n) is 10.7. The van der Waals surface area contributed by atoms with Gasteiger partial charge in [0.15, 0.2) is 5.82 Å². The van der Waals surface area contributed by atoms with E-state index in [-0.39, 0.29) is 17.6 Å². The Morgan fingerprint density at radius 2 is 1.59 bits per heavy atom. The van der Waals surface area contributed by atoms with Crippen LogP contribution >= 0.6 is 11.8 Å². The molecule has 1 amide bonds. The zero-order chi connectivity index (χ0) is 23.8. The monoisotopic (exact) mass is 469 g/mol. The quantitative estimate of drug-likeness (QED) is 0.212. The van der Waals surface area contributed by atoms with Crippen LogP contribution < -0.4 is 10.1 Å². The van der Waals surface area contributed by atoms with Gasteiger partial charge in [0.1, 0.15) is 5.75 Å². The molecule has 0 aliphatic rings. The second kappa shape index (κ2) is 11.2. The second-order valence-electron chi connectivity index (χ2n) is 7.48. The van der Waals surface area contributed by atoms with Crippen LogP contribution in [-0.4, -0.2) is 27.6 Å². The van der Waals surface area contributed by atoms with Crippen molar-refractivity contribution in [3.8, 4) is 17.0 Å². The lowest BCUT2D eigenvalue weighted by Crippen LogP contribution is -2.17. The molecule has 6 nitrogen and oxygen atoms in total. The van der Waals surface area contributed by atoms with Crippen molar-refractivity contribution in [2.75, 3.05) is 11.1 Å². The number of rotatable bonds is 8. The molecule has 170 valence electrons. The Bertz CT molecular complexity index is 1260. The van der Waals surface area contributed by atoms with Gasteiger partial charge in [-0.15, -0.1) is 11.8 Å². The van der Waals surface area contributed by atoms with E-state index in [4.69, 9.17) is 9.72 Å². The van der Waals surface area contributed by atoms with Gasteiger partial charge >= 0.3 is 5.97 Å². The minimum Gasteiger partial charge on any atom is -0.427 e. The summed E-state index contributed by atoms with van der Waals surface area (Å²) in [5.41, 5.74) is 3.23. The number of esters is 1. The number of ether oxygens (including phenoxy) is 1. The van der Waals surface area contributed by atoms with Crippen molar-refractivity contribution in [2.45, 2.75) is 18.2 Å². The van der Waals surface area contributed by atoms with Gasteiger partial charge in [0.05, 0.1) is 23.3 Å². The lowest BCUT2D eigenvalue weighted by Gasteiger charge is -2.12. The van der Waals surface area contributed by atoms with Crippen LogP contribution in [0, 0.1) is 0 Å². The first-order chi connectivity index (χ1) is 16.6. The summed E-state index contributed by atoms with van der Waals surface area (Å²) >= 11 is 1.47. The average Bonchev–Trinajstić information content (AvgIpc) is 2.85. The molecule has 0 fully saturated rings. The van der Waals surface area contributed by atoms with Crippen LogP contribution in [0.1, 0.15) is 18.2 Å². The number of benzene rings is 3. The summed E-state index contributed by atoms with van der Waals surface area (Å²) in [5, 5.41) is 2.92. The van der Waals surface area contributed by atoms with Crippen LogP contribution in [0.5, 0.6) is 5.75 Å². The average molecular weight is 470 g/mol. The van der Waals surface area contributed by atoms with E-state index in [9.17, 15) is 9.59 Å². The van der Waals surface area contributed by atoms with Gasteiger partial charge < -0.3 is 10.1 Å². The summed E-state index contributed by atoms with van der Waals surface area (Å²) < 4.78 is 5.10. The lowest BCUT2D eigenvalue weighted by molar-refractivity contribution is -0.131. The molecule has 0 aliphatic heterocycles. The minimum atomic E-state index is -0.372. The fraction of sp³-hybridized carbons (Fsp3) is 0.111. The van der Waals surface area contributed by atoms with Crippen LogP contribution in [-0.2, 0) is 16.0 Å². The molecule has 0 bridgehead atoms. The first kappa shape index (κ1) is 23.2. The van der Waals surface area contributed by atoms with Gasteiger partial charge in [-0.1, -0.05) is 48.5 Å². The number of aromatic nitrogens is 2. The normalized spacial score (nSPS) is 10.5. The molecule has 3 aromatic carbocycles. The highest BCUT2D eigenvalue weighted by Gasteiger charge is 2.14. The maximum absolute atomic E-state index is 12.6. The van der Waals surface area contributed by atoms with E-state index in [1.54, 1.807) is 18.3 Å². The second-order valence-corrected chi connectivity index (χ2v) is 8.53. The van der Waals surface area contributed by atoms with Gasteiger partial charge in [-0.25, -0.2) is 9.97 Å². The number of amides is 1. The summed E-state index contributed by atoms with van der Waals surface area (Å²) in [4.78, 5) is 34.2. The summed E-state index contributed by atoms with van der Waals surface area (Å²) in [6.07, 6.45) is 2.16. The van der Waals surface area contributed by atoms with E-state index in [0.29, 0.717) is 29.4 Å². The van der Waals surface area contributed by atoms with Crippen molar-refractivity contribution >= 4 is 29.5 Å². The Hall–Kier alpha value is -3.97. The molecule has 0 saturated heterocycles. The van der Waals surface area contributed by atoms with Crippen molar-refractivity contribution < 1.29 is 14.3 Å². The number of nitrogens with one attached hydrogen (secondary N) is 1. The third-order valence-electron chi connectivity index (χ3n) is 4.84. The van der Waals surface area contributed by atoms with Crippen molar-refractivity contribution in [3.05, 3.63) is 102 Å². The minimum absolute atomic E-state index is 0.143. The van der Waals surface area contributed by atoms with E-state index in [1.807, 2.05) is 72.8 Å². The molecule has 0 aliphatic carbocycles. The van der Waals surface area contributed by atoms with Crippen LogP contribution in [0.2, 0.25) is 0 Å². The van der Waals surface area contributed by atoms with Crippen LogP contribution in [0.15, 0.2) is 96.0 Å². The Balaban J connectivity index is 1.55. The van der Waals surface area contributed by atoms with E-state index in [1.165, 1.54) is 18.7 Å². The molecule has 1 aromatic heterocycles. The highest BCUT2D eigenvalue weighted by molar-refractivity contribution is 8.00. The predicted molar refractivity (Wildman–Crippen MR) is 134 cm³/mol. The number of thioether (sulfide) groups is 1. The molecule has 34 heavy (non-hydrogen) atoms. The Morgan fingerprint density at radius 3 is 2.26 bits per heavy atom. The third-order valence-corrected chi connectivity index (χ3v) is 5.85. The summed E-state index contributed by atoms with van der Waals surface area (Å²) in [5.74, 6) is 0.672. The Morgan fingerprint density at radius 1 is 0.912 bits per heavy atom. The lowest BCUT2D eigenvalue weighted by atomic mass is 10.1. The number of hydrogen-bond acceptors (Lipinski definition) is 6. The van der Waals surface area contributed by atoms with Crippen LogP contribution in [0.25, 0.3) is 11.3 Å². The molecule has 0 unspecified atom stereocenters. The van der Waals surface area contributed by atoms with Crippen molar-refractivity contribution in [2.24, 2.45) is 0 Å². The zero-order valence-electron chi connectivity index (χ0n) is 18.6. The van der Waals surface area contributed by atoms with Gasteiger partial charge in [-0.2, -0.15) is 0 Å². The number of hydrogen-bond donors (Lipinski definition) is 1. The Kier molecular flexibility index (Phi) is 7.67. The standard InChI is InChI=1S/C27H23N3O3S/c1-19(31)33-22-14-12-21(13-15-22)25-17-28-27(24(29-25)16-20-8-4-2-5-9-20)30-26(32)18-34-23-10-6-3-7-11-23/h2-15,17H,16,18H2,1H3,(H,28,30,32). The molecule has 0 atom stereocenters. The maximum atomic E-state index is 12.6. The molecule has 4 aromatic rings. The van der Waals surface area contributed by atoms with Gasteiger partial charge in [0, 0.05) is 23.8 Å². The fourth-order valence-electron chi connectivity index (χ4n) is 3.28. The predicted octanol–water partition coefficient (Wildman–Crippen LogP) is 5.39. The summed E-state index contributed by atoms with van der Waals surface area (Å²) in [7, 11) is 0. The zero-order valence-corrected chi connectivity index (χ0v) is 19.4. The number of carbonyl (C=O) groups excluding carboxylic acids is 2. The molecular weight excluding hydrogens is 446 g/mol. The molecule has 1 heterocycles. The van der Waals surface area contributed by atoms with Crippen molar-refractivity contribution in [1.82, 2.24) is 9.97 Å². The van der Waals surface area contributed by atoms with E-state index >= 15 is 0 Å². The number of nitrogens with zero attached hydrogens (tertiary/aromatic N) is 2. The Labute approximate surface area is 202 Å².